The Hall–Kier alpha value is 0.870. The molecular weight excluding hydrogens is 238 g/mol. The molecule has 0 bridgehead atoms. The molecule has 0 spiro atoms. The molecule has 0 saturated heterocycles. The summed E-state index contributed by atoms with van der Waals surface area (Å²) in [6.07, 6.45) is 9.27. The summed E-state index contributed by atoms with van der Waals surface area (Å²) in [6.45, 7) is 2.22. The minimum atomic E-state index is -0.223. The van der Waals surface area contributed by atoms with Gasteiger partial charge in [0.25, 0.3) is 0 Å². The van der Waals surface area contributed by atoms with Crippen molar-refractivity contribution in [1.29, 1.82) is 0 Å². The van der Waals surface area contributed by atoms with Crippen LogP contribution in [0.5, 0.6) is 0 Å². The van der Waals surface area contributed by atoms with Crippen LogP contribution >= 0.6 is 34.8 Å². The van der Waals surface area contributed by atoms with E-state index in [1.807, 2.05) is 0 Å². The number of rotatable bonds is 9. The second kappa shape index (κ2) is 10.4. The molecule has 3 heteroatoms. The fourth-order valence-corrected chi connectivity index (χ4v) is 2.05. The molecule has 0 aromatic heterocycles. The zero-order valence-electron chi connectivity index (χ0n) is 8.95. The second-order valence-electron chi connectivity index (χ2n) is 3.77. The van der Waals surface area contributed by atoms with E-state index >= 15 is 0 Å². The fourth-order valence-electron chi connectivity index (χ4n) is 1.43. The summed E-state index contributed by atoms with van der Waals surface area (Å²) in [5.74, 6) is 0. The van der Waals surface area contributed by atoms with Crippen LogP contribution in [0.1, 0.15) is 58.3 Å². The Labute approximate surface area is 103 Å². The lowest BCUT2D eigenvalue weighted by Gasteiger charge is -2.08. The summed E-state index contributed by atoms with van der Waals surface area (Å²) in [6, 6.07) is 0. The van der Waals surface area contributed by atoms with Crippen molar-refractivity contribution >= 4 is 34.8 Å². The third kappa shape index (κ3) is 10.9. The van der Waals surface area contributed by atoms with Crippen LogP contribution in [0.3, 0.4) is 0 Å². The lowest BCUT2D eigenvalue weighted by molar-refractivity contribution is 0.576. The van der Waals surface area contributed by atoms with E-state index in [1.165, 1.54) is 25.7 Å². The molecule has 14 heavy (non-hydrogen) atoms. The van der Waals surface area contributed by atoms with Crippen LogP contribution in [0, 0.1) is 0 Å². The van der Waals surface area contributed by atoms with Crippen molar-refractivity contribution in [2.75, 3.05) is 0 Å². The van der Waals surface area contributed by atoms with E-state index in [0.29, 0.717) is 5.38 Å². The Balaban J connectivity index is 3.15. The fraction of sp³-hybridized carbons (Fsp3) is 1.00. The number of hydrogen-bond acceptors (Lipinski definition) is 0. The second-order valence-corrected chi connectivity index (χ2v) is 5.66. The van der Waals surface area contributed by atoms with Crippen LogP contribution < -0.4 is 0 Å². The Morgan fingerprint density at radius 2 is 1.43 bits per heavy atom. The molecule has 0 nitrogen and oxygen atoms in total. The summed E-state index contributed by atoms with van der Waals surface area (Å²) in [5.41, 5.74) is 0. The van der Waals surface area contributed by atoms with Crippen molar-refractivity contribution < 1.29 is 0 Å². The molecule has 0 N–H and O–H groups in total. The van der Waals surface area contributed by atoms with Crippen molar-refractivity contribution in [1.82, 2.24) is 0 Å². The smallest absolute Gasteiger partial charge is 0.107 e. The molecule has 0 aliphatic rings. The Kier molecular flexibility index (Phi) is 11.0. The van der Waals surface area contributed by atoms with Gasteiger partial charge in [0.2, 0.25) is 0 Å². The van der Waals surface area contributed by atoms with E-state index in [-0.39, 0.29) is 4.84 Å². The van der Waals surface area contributed by atoms with E-state index in [4.69, 9.17) is 34.8 Å². The highest BCUT2D eigenvalue weighted by Crippen LogP contribution is 2.18. The van der Waals surface area contributed by atoms with Gasteiger partial charge in [-0.1, -0.05) is 32.6 Å². The molecule has 0 aromatic carbocycles. The van der Waals surface area contributed by atoms with Crippen molar-refractivity contribution in [2.24, 2.45) is 0 Å². The molecule has 1 atom stereocenters. The molecule has 0 aliphatic heterocycles. The summed E-state index contributed by atoms with van der Waals surface area (Å²) >= 11 is 17.4. The van der Waals surface area contributed by atoms with Crippen molar-refractivity contribution in [3.8, 4) is 0 Å². The van der Waals surface area contributed by atoms with Gasteiger partial charge in [-0.2, -0.15) is 0 Å². The van der Waals surface area contributed by atoms with Gasteiger partial charge in [0.05, 0.1) is 0 Å². The Morgan fingerprint density at radius 3 is 2.00 bits per heavy atom. The van der Waals surface area contributed by atoms with Crippen LogP contribution in [0.2, 0.25) is 0 Å². The van der Waals surface area contributed by atoms with Gasteiger partial charge < -0.3 is 0 Å². The zero-order chi connectivity index (χ0) is 10.8. The number of hydrogen-bond donors (Lipinski definition) is 0. The van der Waals surface area contributed by atoms with Crippen molar-refractivity contribution in [2.45, 2.75) is 68.5 Å². The quantitative estimate of drug-likeness (QED) is 0.377. The minimum Gasteiger partial charge on any atom is -0.123 e. The van der Waals surface area contributed by atoms with Crippen LogP contribution in [-0.4, -0.2) is 10.2 Å². The highest BCUT2D eigenvalue weighted by molar-refractivity contribution is 6.44. The van der Waals surface area contributed by atoms with Crippen LogP contribution in [0.15, 0.2) is 0 Å². The van der Waals surface area contributed by atoms with Gasteiger partial charge >= 0.3 is 0 Å². The molecule has 0 aliphatic carbocycles. The van der Waals surface area contributed by atoms with Crippen molar-refractivity contribution in [3.05, 3.63) is 0 Å². The molecule has 0 amide bonds. The summed E-state index contributed by atoms with van der Waals surface area (Å²) in [7, 11) is 0. The minimum absolute atomic E-state index is 0.223. The normalized spacial score (nSPS) is 13.5. The highest BCUT2D eigenvalue weighted by Gasteiger charge is 2.05. The third-order valence-electron chi connectivity index (χ3n) is 2.31. The first-order chi connectivity index (χ1) is 6.66. The Bertz CT molecular complexity index is 115. The largest absolute Gasteiger partial charge is 0.123 e. The Morgan fingerprint density at radius 1 is 0.786 bits per heavy atom. The van der Waals surface area contributed by atoms with E-state index in [0.717, 1.165) is 25.7 Å². The molecule has 0 aromatic rings. The summed E-state index contributed by atoms with van der Waals surface area (Å²) in [4.78, 5) is -0.223. The van der Waals surface area contributed by atoms with Gasteiger partial charge in [0.1, 0.15) is 4.84 Å². The molecule has 1 unspecified atom stereocenters. The number of unbranched alkanes of at least 4 members (excludes halogenated alkanes) is 3. The number of alkyl halides is 3. The predicted molar refractivity (Wildman–Crippen MR) is 67.7 cm³/mol. The first kappa shape index (κ1) is 14.9. The molecule has 0 radical (unpaired) electrons. The molecule has 0 rings (SSSR count). The van der Waals surface area contributed by atoms with Crippen LogP contribution in [-0.2, 0) is 0 Å². The third-order valence-corrected chi connectivity index (χ3v) is 3.18. The lowest BCUT2D eigenvalue weighted by Crippen LogP contribution is -1.99. The maximum absolute atomic E-state index is 6.16. The van der Waals surface area contributed by atoms with Crippen LogP contribution in [0.4, 0.5) is 0 Å². The van der Waals surface area contributed by atoms with E-state index in [2.05, 4.69) is 6.92 Å². The van der Waals surface area contributed by atoms with Gasteiger partial charge in [-0.05, 0) is 25.7 Å². The van der Waals surface area contributed by atoms with Gasteiger partial charge in [0.15, 0.2) is 0 Å². The standard InChI is InChI=1S/C11H21Cl3/c1-2-3-4-5-7-10(12)8-6-9-11(13)14/h10-11H,2-9H2,1H3. The monoisotopic (exact) mass is 258 g/mol. The molecule has 0 fully saturated rings. The predicted octanol–water partition coefficient (Wildman–Crippen LogP) is 5.54. The molecular formula is C11H21Cl3. The van der Waals surface area contributed by atoms with Gasteiger partial charge in [0, 0.05) is 5.38 Å². The van der Waals surface area contributed by atoms with Gasteiger partial charge in [-0.25, -0.2) is 0 Å². The molecule has 0 saturated carbocycles. The molecule has 0 heterocycles. The summed E-state index contributed by atoms with van der Waals surface area (Å²) < 4.78 is 0. The SMILES string of the molecule is CCCCCCC(Cl)CCCC(Cl)Cl. The van der Waals surface area contributed by atoms with Crippen LogP contribution in [0.25, 0.3) is 0 Å². The van der Waals surface area contributed by atoms with E-state index < -0.39 is 0 Å². The lowest BCUT2D eigenvalue weighted by atomic mass is 10.1. The highest BCUT2D eigenvalue weighted by atomic mass is 35.5. The van der Waals surface area contributed by atoms with Gasteiger partial charge in [-0.3, -0.25) is 0 Å². The number of halogens is 3. The van der Waals surface area contributed by atoms with E-state index in [1.54, 1.807) is 0 Å². The first-order valence-corrected chi connectivity index (χ1v) is 6.90. The molecule has 86 valence electrons. The maximum atomic E-state index is 6.16. The summed E-state index contributed by atoms with van der Waals surface area (Å²) in [5, 5.41) is 0.318. The van der Waals surface area contributed by atoms with E-state index in [9.17, 15) is 0 Å². The van der Waals surface area contributed by atoms with Crippen molar-refractivity contribution in [3.63, 3.8) is 0 Å². The average molecular weight is 260 g/mol. The average Bonchev–Trinajstić information content (AvgIpc) is 2.12. The zero-order valence-corrected chi connectivity index (χ0v) is 11.2. The first-order valence-electron chi connectivity index (χ1n) is 5.59. The maximum Gasteiger partial charge on any atom is 0.107 e. The van der Waals surface area contributed by atoms with Gasteiger partial charge in [-0.15, -0.1) is 34.8 Å². The topological polar surface area (TPSA) is 0 Å².